The Morgan fingerprint density at radius 1 is 1.67 bits per heavy atom. The van der Waals surface area contributed by atoms with Crippen molar-refractivity contribution in [1.29, 1.82) is 0 Å². The van der Waals surface area contributed by atoms with Gasteiger partial charge in [-0.2, -0.15) is 0 Å². The quantitative estimate of drug-likeness (QED) is 0.557. The van der Waals surface area contributed by atoms with E-state index in [0.717, 1.165) is 0 Å². The highest BCUT2D eigenvalue weighted by Crippen LogP contribution is 2.25. The summed E-state index contributed by atoms with van der Waals surface area (Å²) >= 11 is 1.72. The van der Waals surface area contributed by atoms with E-state index in [4.69, 9.17) is 5.73 Å². The van der Waals surface area contributed by atoms with Crippen molar-refractivity contribution in [2.45, 2.75) is 19.4 Å². The number of hydrogen-bond donors (Lipinski definition) is 1. The summed E-state index contributed by atoms with van der Waals surface area (Å²) < 4.78 is 0. The number of thioether (sulfide) groups is 1. The van der Waals surface area contributed by atoms with Gasteiger partial charge in [0.25, 0.3) is 0 Å². The highest BCUT2D eigenvalue weighted by atomic mass is 32.2. The zero-order valence-electron chi connectivity index (χ0n) is 5.72. The lowest BCUT2D eigenvalue weighted by Crippen LogP contribution is -2.31. The zero-order chi connectivity index (χ0) is 6.91. The Hall–Kier alpha value is -0.210. The van der Waals surface area contributed by atoms with Crippen LogP contribution in [-0.2, 0) is 0 Å². The van der Waals surface area contributed by atoms with Gasteiger partial charge >= 0.3 is 0 Å². The van der Waals surface area contributed by atoms with Crippen LogP contribution in [0.4, 0.5) is 0 Å². The second kappa shape index (κ2) is 2.20. The van der Waals surface area contributed by atoms with Crippen molar-refractivity contribution in [2.75, 3.05) is 0 Å². The van der Waals surface area contributed by atoms with Crippen LogP contribution in [0.1, 0.15) is 13.8 Å². The maximum Gasteiger partial charge on any atom is 0.0515 e. The molecule has 1 nitrogen and oxygen atoms in total. The first-order chi connectivity index (χ1) is 4.10. The van der Waals surface area contributed by atoms with Crippen molar-refractivity contribution < 1.29 is 0 Å². The Morgan fingerprint density at radius 2 is 2.33 bits per heavy atom. The van der Waals surface area contributed by atoms with Gasteiger partial charge in [0.15, 0.2) is 0 Å². The summed E-state index contributed by atoms with van der Waals surface area (Å²) in [4.78, 5) is 1.28. The van der Waals surface area contributed by atoms with Crippen LogP contribution in [0.25, 0.3) is 0 Å². The lowest BCUT2D eigenvalue weighted by atomic mass is 10.0. The molecule has 0 aromatic heterocycles. The van der Waals surface area contributed by atoms with Crippen molar-refractivity contribution in [3.05, 3.63) is 22.5 Å². The maximum absolute atomic E-state index is 5.79. The van der Waals surface area contributed by atoms with Gasteiger partial charge < -0.3 is 5.73 Å². The molecule has 0 saturated carbocycles. The normalized spacial score (nSPS) is 34.3. The van der Waals surface area contributed by atoms with Gasteiger partial charge in [0.2, 0.25) is 0 Å². The van der Waals surface area contributed by atoms with Crippen LogP contribution >= 0.6 is 11.8 Å². The Balaban J connectivity index is 2.78. The molecule has 1 rings (SSSR count). The molecule has 50 valence electrons. The van der Waals surface area contributed by atoms with Gasteiger partial charge in [-0.15, -0.1) is 11.8 Å². The van der Waals surface area contributed by atoms with Gasteiger partial charge in [-0.25, -0.2) is 0 Å². The predicted molar refractivity (Wildman–Crippen MR) is 43.1 cm³/mol. The summed E-state index contributed by atoms with van der Waals surface area (Å²) in [6.07, 6.45) is 4.07. The summed E-state index contributed by atoms with van der Waals surface area (Å²) in [5.74, 6) is 0. The molecule has 0 saturated heterocycles. The number of nitrogens with two attached hydrogens (primary N) is 1. The Labute approximate surface area is 60.0 Å². The molecule has 1 atom stereocenters. The molecule has 1 aliphatic heterocycles. The van der Waals surface area contributed by atoms with Crippen molar-refractivity contribution in [2.24, 2.45) is 5.73 Å². The van der Waals surface area contributed by atoms with Crippen LogP contribution in [0.15, 0.2) is 22.5 Å². The fourth-order valence-electron chi connectivity index (χ4n) is 0.808. The molecule has 1 unspecified atom stereocenters. The summed E-state index contributed by atoms with van der Waals surface area (Å²) in [7, 11) is 0. The standard InChI is InChI=1S/C7H11NS/c1-6-5-7(2,8)3-4-9-6/h3-5H,8H2,1-2H3. The van der Waals surface area contributed by atoms with Gasteiger partial charge in [0.05, 0.1) is 5.54 Å². The minimum absolute atomic E-state index is 0.213. The van der Waals surface area contributed by atoms with Crippen molar-refractivity contribution in [3.63, 3.8) is 0 Å². The number of rotatable bonds is 0. The molecular weight excluding hydrogens is 130 g/mol. The fourth-order valence-corrected chi connectivity index (χ4v) is 1.71. The molecule has 0 aliphatic carbocycles. The minimum Gasteiger partial charge on any atom is -0.319 e. The highest BCUT2D eigenvalue weighted by Gasteiger charge is 2.13. The van der Waals surface area contributed by atoms with Crippen molar-refractivity contribution in [1.82, 2.24) is 0 Å². The molecule has 2 heteroatoms. The monoisotopic (exact) mass is 141 g/mol. The Bertz CT molecular complexity index is 168. The molecule has 9 heavy (non-hydrogen) atoms. The SMILES string of the molecule is CC1=CC(C)(N)C=CS1. The van der Waals surface area contributed by atoms with Crippen LogP contribution in [0.3, 0.4) is 0 Å². The van der Waals surface area contributed by atoms with E-state index < -0.39 is 0 Å². The van der Waals surface area contributed by atoms with Crippen LogP contribution in [0.5, 0.6) is 0 Å². The minimum atomic E-state index is -0.213. The van der Waals surface area contributed by atoms with Crippen LogP contribution in [-0.4, -0.2) is 5.54 Å². The van der Waals surface area contributed by atoms with E-state index in [9.17, 15) is 0 Å². The smallest absolute Gasteiger partial charge is 0.0515 e. The molecule has 0 radical (unpaired) electrons. The molecule has 1 aliphatic rings. The summed E-state index contributed by atoms with van der Waals surface area (Å²) in [6, 6.07) is 0. The molecule has 0 fully saturated rings. The average molecular weight is 141 g/mol. The van der Waals surface area contributed by atoms with E-state index in [0.29, 0.717) is 0 Å². The molecule has 0 amide bonds. The van der Waals surface area contributed by atoms with Gasteiger partial charge in [0, 0.05) is 0 Å². The van der Waals surface area contributed by atoms with Crippen molar-refractivity contribution in [3.8, 4) is 0 Å². The highest BCUT2D eigenvalue weighted by molar-refractivity contribution is 8.05. The second-order valence-electron chi connectivity index (χ2n) is 2.54. The summed E-state index contributed by atoms with van der Waals surface area (Å²) in [5.41, 5.74) is 5.58. The Kier molecular flexibility index (Phi) is 1.68. The van der Waals surface area contributed by atoms with Crippen LogP contribution in [0, 0.1) is 0 Å². The summed E-state index contributed by atoms with van der Waals surface area (Å²) in [6.45, 7) is 4.06. The van der Waals surface area contributed by atoms with E-state index in [1.54, 1.807) is 11.8 Å². The third kappa shape index (κ3) is 1.88. The lowest BCUT2D eigenvalue weighted by molar-refractivity contribution is 0.732. The van der Waals surface area contributed by atoms with Gasteiger partial charge in [0.1, 0.15) is 0 Å². The molecule has 0 aromatic carbocycles. The zero-order valence-corrected chi connectivity index (χ0v) is 6.53. The molecule has 0 aromatic rings. The van der Waals surface area contributed by atoms with Gasteiger partial charge in [-0.3, -0.25) is 0 Å². The van der Waals surface area contributed by atoms with Crippen molar-refractivity contribution >= 4 is 11.8 Å². The molecule has 2 N–H and O–H groups in total. The van der Waals surface area contributed by atoms with Gasteiger partial charge in [-0.05, 0) is 24.2 Å². The average Bonchev–Trinajstić information content (AvgIpc) is 1.60. The third-order valence-corrected chi connectivity index (χ3v) is 1.96. The van der Waals surface area contributed by atoms with Crippen LogP contribution in [0.2, 0.25) is 0 Å². The molecule has 0 spiro atoms. The molecule has 1 heterocycles. The second-order valence-corrected chi connectivity index (χ2v) is 3.69. The summed E-state index contributed by atoms with van der Waals surface area (Å²) in [5, 5.41) is 2.04. The fraction of sp³-hybridized carbons (Fsp3) is 0.429. The van der Waals surface area contributed by atoms with E-state index in [-0.39, 0.29) is 5.54 Å². The Morgan fingerprint density at radius 3 is 2.67 bits per heavy atom. The first-order valence-electron chi connectivity index (χ1n) is 2.93. The van der Waals surface area contributed by atoms with Crippen LogP contribution < -0.4 is 5.73 Å². The van der Waals surface area contributed by atoms with E-state index in [2.05, 4.69) is 13.0 Å². The number of hydrogen-bond acceptors (Lipinski definition) is 2. The largest absolute Gasteiger partial charge is 0.319 e. The third-order valence-electron chi connectivity index (χ3n) is 1.20. The topological polar surface area (TPSA) is 26.0 Å². The first-order valence-corrected chi connectivity index (χ1v) is 3.81. The van der Waals surface area contributed by atoms with E-state index in [1.165, 1.54) is 4.91 Å². The number of allylic oxidation sites excluding steroid dienone is 1. The lowest BCUT2D eigenvalue weighted by Gasteiger charge is -2.19. The van der Waals surface area contributed by atoms with E-state index in [1.807, 2.05) is 18.4 Å². The first kappa shape index (κ1) is 6.90. The van der Waals surface area contributed by atoms with E-state index >= 15 is 0 Å². The maximum atomic E-state index is 5.79. The van der Waals surface area contributed by atoms with Gasteiger partial charge in [-0.1, -0.05) is 12.2 Å². The molecular formula is C7H11NS. The molecule has 0 bridgehead atoms. The predicted octanol–water partition coefficient (Wildman–Crippen LogP) is 1.87.